The molecule has 0 radical (unpaired) electrons. The molecule has 0 unspecified atom stereocenters. The van der Waals surface area contributed by atoms with E-state index in [1.165, 1.54) is 4.90 Å². The van der Waals surface area contributed by atoms with Gasteiger partial charge in [-0.15, -0.1) is 0 Å². The van der Waals surface area contributed by atoms with Gasteiger partial charge in [-0.25, -0.2) is 0 Å². The normalized spacial score (nSPS) is 10.0. The molecule has 0 aliphatic rings. The fourth-order valence-corrected chi connectivity index (χ4v) is 1.68. The Kier molecular flexibility index (Phi) is 6.41. The zero-order chi connectivity index (χ0) is 15.8. The molecular weight excluding hydrogens is 266 g/mol. The lowest BCUT2D eigenvalue weighted by Crippen LogP contribution is -2.40. The van der Waals surface area contributed by atoms with Crippen molar-refractivity contribution >= 4 is 11.8 Å². The molecule has 1 aromatic rings. The van der Waals surface area contributed by atoms with Crippen LogP contribution < -0.4 is 5.32 Å². The van der Waals surface area contributed by atoms with Gasteiger partial charge in [-0.1, -0.05) is 26.0 Å². The Balaban J connectivity index is 2.46. The molecule has 0 fully saturated rings. The number of hydrogen-bond donors (Lipinski definition) is 1. The van der Waals surface area contributed by atoms with Crippen molar-refractivity contribution in [3.8, 4) is 6.07 Å². The highest BCUT2D eigenvalue weighted by Crippen LogP contribution is 2.05. The Labute approximate surface area is 125 Å². The summed E-state index contributed by atoms with van der Waals surface area (Å²) in [7, 11) is 1.61. The molecular formula is C16H21N3O2. The van der Waals surface area contributed by atoms with Gasteiger partial charge in [-0.3, -0.25) is 9.59 Å². The fraction of sp³-hybridized carbons (Fsp3) is 0.438. The fourth-order valence-electron chi connectivity index (χ4n) is 1.68. The highest BCUT2D eigenvalue weighted by atomic mass is 16.2. The minimum atomic E-state index is -0.153. The van der Waals surface area contributed by atoms with Gasteiger partial charge in [0.2, 0.25) is 11.8 Å². The van der Waals surface area contributed by atoms with E-state index in [1.807, 2.05) is 19.9 Å². The van der Waals surface area contributed by atoms with Crippen molar-refractivity contribution in [3.05, 3.63) is 35.4 Å². The van der Waals surface area contributed by atoms with Crippen molar-refractivity contribution in [2.24, 2.45) is 5.92 Å². The van der Waals surface area contributed by atoms with Crippen LogP contribution in [0, 0.1) is 17.2 Å². The molecule has 1 rings (SSSR count). The molecule has 0 aliphatic carbocycles. The number of benzene rings is 1. The van der Waals surface area contributed by atoms with Gasteiger partial charge in [0.15, 0.2) is 0 Å². The van der Waals surface area contributed by atoms with E-state index in [1.54, 1.807) is 31.3 Å². The molecule has 0 aliphatic heterocycles. The average molecular weight is 287 g/mol. The molecule has 21 heavy (non-hydrogen) atoms. The summed E-state index contributed by atoms with van der Waals surface area (Å²) in [5.74, 6) is 0.104. The molecule has 1 aromatic carbocycles. The van der Waals surface area contributed by atoms with E-state index in [-0.39, 0.29) is 24.8 Å². The number of carbonyl (C=O) groups excluding carboxylic acids is 2. The van der Waals surface area contributed by atoms with E-state index in [0.717, 1.165) is 5.56 Å². The highest BCUT2D eigenvalue weighted by molar-refractivity contribution is 5.85. The summed E-state index contributed by atoms with van der Waals surface area (Å²) in [5.41, 5.74) is 1.39. The molecule has 5 nitrogen and oxygen atoms in total. The largest absolute Gasteiger partial charge is 0.354 e. The van der Waals surface area contributed by atoms with Crippen molar-refractivity contribution in [3.63, 3.8) is 0 Å². The van der Waals surface area contributed by atoms with Crippen LogP contribution in [0.3, 0.4) is 0 Å². The van der Waals surface area contributed by atoms with Crippen molar-refractivity contribution < 1.29 is 9.59 Å². The molecule has 0 aromatic heterocycles. The molecule has 112 valence electrons. The first-order valence-corrected chi connectivity index (χ1v) is 6.92. The van der Waals surface area contributed by atoms with Crippen LogP contribution in [0.5, 0.6) is 0 Å². The molecule has 0 atom stereocenters. The van der Waals surface area contributed by atoms with Gasteiger partial charge >= 0.3 is 0 Å². The van der Waals surface area contributed by atoms with Crippen molar-refractivity contribution in [1.82, 2.24) is 10.2 Å². The van der Waals surface area contributed by atoms with Crippen LogP contribution in [-0.4, -0.2) is 36.9 Å². The second-order valence-electron chi connectivity index (χ2n) is 5.43. The van der Waals surface area contributed by atoms with Gasteiger partial charge in [0.25, 0.3) is 0 Å². The lowest BCUT2D eigenvalue weighted by molar-refractivity contribution is -0.134. The Hall–Kier alpha value is -2.35. The molecule has 0 saturated carbocycles. The van der Waals surface area contributed by atoms with E-state index in [0.29, 0.717) is 18.0 Å². The maximum absolute atomic E-state index is 12.0. The summed E-state index contributed by atoms with van der Waals surface area (Å²) in [6, 6.07) is 8.89. The number of likely N-dealkylation sites (N-methyl/N-ethyl adjacent to an activating group) is 1. The first kappa shape index (κ1) is 16.7. The summed E-state index contributed by atoms with van der Waals surface area (Å²) < 4.78 is 0. The van der Waals surface area contributed by atoms with Crippen molar-refractivity contribution in [2.45, 2.75) is 20.3 Å². The zero-order valence-corrected chi connectivity index (χ0v) is 12.7. The summed E-state index contributed by atoms with van der Waals surface area (Å²) in [6.45, 7) is 4.69. The van der Waals surface area contributed by atoms with Crippen LogP contribution in [0.4, 0.5) is 0 Å². The molecule has 0 saturated heterocycles. The molecule has 1 N–H and O–H groups in total. The Morgan fingerprint density at radius 3 is 2.43 bits per heavy atom. The third kappa shape index (κ3) is 6.09. The summed E-state index contributed by atoms with van der Waals surface area (Å²) in [6.07, 6.45) is 0.222. The van der Waals surface area contributed by atoms with Crippen LogP contribution in [0.15, 0.2) is 24.3 Å². The van der Waals surface area contributed by atoms with E-state index >= 15 is 0 Å². The SMILES string of the molecule is CC(C)CNC(=O)CN(C)C(=O)Cc1ccc(C#N)cc1. The maximum atomic E-state index is 12.0. The van der Waals surface area contributed by atoms with E-state index in [2.05, 4.69) is 5.32 Å². The minimum absolute atomic E-state index is 0.0574. The molecule has 0 bridgehead atoms. The second-order valence-corrected chi connectivity index (χ2v) is 5.43. The van der Waals surface area contributed by atoms with E-state index in [9.17, 15) is 9.59 Å². The van der Waals surface area contributed by atoms with Gasteiger partial charge < -0.3 is 10.2 Å². The van der Waals surface area contributed by atoms with E-state index in [4.69, 9.17) is 5.26 Å². The highest BCUT2D eigenvalue weighted by Gasteiger charge is 2.13. The van der Waals surface area contributed by atoms with Gasteiger partial charge in [-0.05, 0) is 23.6 Å². The number of nitrogens with one attached hydrogen (secondary N) is 1. The van der Waals surface area contributed by atoms with Gasteiger partial charge in [0.05, 0.1) is 24.6 Å². The first-order chi connectivity index (χ1) is 9.92. The third-order valence-corrected chi connectivity index (χ3v) is 2.95. The monoisotopic (exact) mass is 287 g/mol. The lowest BCUT2D eigenvalue weighted by Gasteiger charge is -2.17. The number of hydrogen-bond acceptors (Lipinski definition) is 3. The number of carbonyl (C=O) groups is 2. The van der Waals surface area contributed by atoms with Gasteiger partial charge in [-0.2, -0.15) is 5.26 Å². The average Bonchev–Trinajstić information content (AvgIpc) is 2.45. The quantitative estimate of drug-likeness (QED) is 0.858. The number of amides is 2. The first-order valence-electron chi connectivity index (χ1n) is 6.92. The molecule has 0 spiro atoms. The molecule has 5 heteroatoms. The standard InChI is InChI=1S/C16H21N3O2/c1-12(2)10-18-15(20)11-19(3)16(21)8-13-4-6-14(9-17)7-5-13/h4-7,12H,8,10-11H2,1-3H3,(H,18,20). The molecule has 0 heterocycles. The minimum Gasteiger partial charge on any atom is -0.354 e. The van der Waals surface area contributed by atoms with Crippen molar-refractivity contribution in [2.75, 3.05) is 20.1 Å². The number of rotatable bonds is 6. The third-order valence-electron chi connectivity index (χ3n) is 2.95. The predicted octanol–water partition coefficient (Wildman–Crippen LogP) is 1.33. The number of nitriles is 1. The van der Waals surface area contributed by atoms with Crippen LogP contribution in [-0.2, 0) is 16.0 Å². The zero-order valence-electron chi connectivity index (χ0n) is 12.7. The van der Waals surface area contributed by atoms with Crippen LogP contribution in [0.25, 0.3) is 0 Å². The predicted molar refractivity (Wildman–Crippen MR) is 80.3 cm³/mol. The molecule has 2 amide bonds. The van der Waals surface area contributed by atoms with Crippen molar-refractivity contribution in [1.29, 1.82) is 5.26 Å². The Morgan fingerprint density at radius 1 is 1.29 bits per heavy atom. The Morgan fingerprint density at radius 2 is 1.90 bits per heavy atom. The summed E-state index contributed by atoms with van der Waals surface area (Å²) >= 11 is 0. The summed E-state index contributed by atoms with van der Waals surface area (Å²) in [4.78, 5) is 25.1. The topological polar surface area (TPSA) is 73.2 Å². The maximum Gasteiger partial charge on any atom is 0.239 e. The second kappa shape index (κ2) is 8.05. The lowest BCUT2D eigenvalue weighted by atomic mass is 10.1. The smallest absolute Gasteiger partial charge is 0.239 e. The van der Waals surface area contributed by atoms with Gasteiger partial charge in [0.1, 0.15) is 0 Å². The van der Waals surface area contributed by atoms with E-state index < -0.39 is 0 Å². The number of nitrogens with zero attached hydrogens (tertiary/aromatic N) is 2. The summed E-state index contributed by atoms with van der Waals surface area (Å²) in [5, 5.41) is 11.5. The van der Waals surface area contributed by atoms with Crippen LogP contribution in [0.1, 0.15) is 25.0 Å². The van der Waals surface area contributed by atoms with Crippen LogP contribution in [0.2, 0.25) is 0 Å². The van der Waals surface area contributed by atoms with Crippen LogP contribution >= 0.6 is 0 Å². The van der Waals surface area contributed by atoms with Gasteiger partial charge in [0, 0.05) is 13.6 Å². The Bertz CT molecular complexity index is 529.